The van der Waals surface area contributed by atoms with E-state index in [4.69, 9.17) is 5.90 Å². The Kier molecular flexibility index (Phi) is 2.61. The highest BCUT2D eigenvalue weighted by atomic mass is 19.1. The lowest BCUT2D eigenvalue weighted by Gasteiger charge is -2.00. The van der Waals surface area contributed by atoms with Crippen molar-refractivity contribution in [2.45, 2.75) is 0 Å². The highest BCUT2D eigenvalue weighted by molar-refractivity contribution is 5.94. The fourth-order valence-corrected chi connectivity index (χ4v) is 1.25. The summed E-state index contributed by atoms with van der Waals surface area (Å²) >= 11 is 0. The van der Waals surface area contributed by atoms with Crippen LogP contribution < -0.4 is 5.90 Å². The minimum atomic E-state index is -0.793. The molecular weight excluding hydrogens is 215 g/mol. The van der Waals surface area contributed by atoms with Gasteiger partial charge in [-0.05, 0) is 6.07 Å². The number of hydrogen-bond donors (Lipinski definition) is 2. The molecule has 2 rings (SSSR count). The number of hydrogen-bond acceptors (Lipinski definition) is 5. The zero-order valence-electron chi connectivity index (χ0n) is 7.98. The zero-order chi connectivity index (χ0) is 11.5. The molecule has 0 aromatic carbocycles. The van der Waals surface area contributed by atoms with Gasteiger partial charge in [0.15, 0.2) is 5.69 Å². The number of nitrogens with two attached hydrogens (primary N) is 1. The molecule has 0 radical (unpaired) electrons. The van der Waals surface area contributed by atoms with Crippen molar-refractivity contribution in [3.8, 4) is 11.3 Å². The maximum absolute atomic E-state index is 13.0. The smallest absolute Gasteiger partial charge is 0.368 e. The minimum absolute atomic E-state index is 0.0283. The fourth-order valence-electron chi connectivity index (χ4n) is 1.25. The average Bonchev–Trinajstić information content (AvgIpc) is 2.77. The first-order chi connectivity index (χ1) is 7.72. The van der Waals surface area contributed by atoms with Gasteiger partial charge >= 0.3 is 5.97 Å². The molecule has 0 saturated heterocycles. The summed E-state index contributed by atoms with van der Waals surface area (Å²) < 4.78 is 13.0. The predicted octanol–water partition coefficient (Wildman–Crippen LogP) is 0.641. The van der Waals surface area contributed by atoms with Crippen LogP contribution in [0.25, 0.3) is 11.3 Å². The lowest BCUT2D eigenvalue weighted by molar-refractivity contribution is 0.0497. The number of aromatic nitrogens is 3. The van der Waals surface area contributed by atoms with Crippen molar-refractivity contribution < 1.29 is 14.0 Å². The number of aromatic amines is 1. The first-order valence-electron chi connectivity index (χ1n) is 4.28. The molecule has 3 N–H and O–H groups in total. The van der Waals surface area contributed by atoms with E-state index in [0.717, 1.165) is 0 Å². The van der Waals surface area contributed by atoms with Crippen molar-refractivity contribution in [3.63, 3.8) is 0 Å². The molecule has 0 aliphatic carbocycles. The second-order valence-electron chi connectivity index (χ2n) is 2.92. The van der Waals surface area contributed by atoms with E-state index in [2.05, 4.69) is 20.0 Å². The summed E-state index contributed by atoms with van der Waals surface area (Å²) in [5.41, 5.74) is 0.629. The van der Waals surface area contributed by atoms with E-state index in [1.807, 2.05) is 0 Å². The Morgan fingerprint density at radius 1 is 1.56 bits per heavy atom. The molecule has 2 aromatic heterocycles. The van der Waals surface area contributed by atoms with Crippen LogP contribution in [-0.2, 0) is 4.84 Å². The molecule has 0 saturated carbocycles. The van der Waals surface area contributed by atoms with Crippen LogP contribution in [0.4, 0.5) is 4.39 Å². The number of nitrogens with one attached hydrogen (secondary N) is 1. The van der Waals surface area contributed by atoms with Crippen LogP contribution in [0.1, 0.15) is 10.5 Å². The molecule has 0 amide bonds. The van der Waals surface area contributed by atoms with Gasteiger partial charge in [0, 0.05) is 12.3 Å². The van der Waals surface area contributed by atoms with Crippen LogP contribution >= 0.6 is 0 Å². The lowest BCUT2D eigenvalue weighted by atomic mass is 10.1. The van der Waals surface area contributed by atoms with Crippen molar-refractivity contribution >= 4 is 5.97 Å². The summed E-state index contributed by atoms with van der Waals surface area (Å²) in [6.45, 7) is 0. The number of nitrogens with zero attached hydrogens (tertiary/aromatic N) is 2. The third-order valence-electron chi connectivity index (χ3n) is 1.95. The van der Waals surface area contributed by atoms with E-state index < -0.39 is 11.8 Å². The Labute approximate surface area is 89.2 Å². The molecule has 82 valence electrons. The summed E-state index contributed by atoms with van der Waals surface area (Å²) in [4.78, 5) is 19.2. The Bertz CT molecular complexity index is 526. The van der Waals surface area contributed by atoms with Gasteiger partial charge in [-0.1, -0.05) is 0 Å². The third kappa shape index (κ3) is 1.75. The summed E-state index contributed by atoms with van der Waals surface area (Å²) in [5.74, 6) is 3.50. The quantitative estimate of drug-likeness (QED) is 0.727. The molecule has 0 aliphatic rings. The standard InChI is InChI=1S/C9H7FN4O2/c10-5-1-2-12-7(3-5)6-4-13-14-8(6)9(15)16-11/h1-4H,11H2,(H,13,14). The van der Waals surface area contributed by atoms with Crippen molar-refractivity contribution in [1.29, 1.82) is 0 Å². The molecule has 7 heteroatoms. The van der Waals surface area contributed by atoms with E-state index in [-0.39, 0.29) is 11.4 Å². The lowest BCUT2D eigenvalue weighted by Crippen LogP contribution is -2.11. The fraction of sp³-hybridized carbons (Fsp3) is 0. The minimum Gasteiger partial charge on any atom is -0.368 e. The normalized spacial score (nSPS) is 10.1. The molecule has 0 spiro atoms. The number of pyridine rings is 1. The zero-order valence-corrected chi connectivity index (χ0v) is 7.98. The maximum atomic E-state index is 13.0. The van der Waals surface area contributed by atoms with Gasteiger partial charge in [0.2, 0.25) is 0 Å². The van der Waals surface area contributed by atoms with Gasteiger partial charge in [-0.3, -0.25) is 10.1 Å². The second kappa shape index (κ2) is 4.07. The SMILES string of the molecule is NOC(=O)c1[nH]ncc1-c1cc(F)ccn1. The van der Waals surface area contributed by atoms with E-state index in [1.165, 1.54) is 24.5 Å². The van der Waals surface area contributed by atoms with Crippen LogP contribution in [0.5, 0.6) is 0 Å². The van der Waals surface area contributed by atoms with Crippen molar-refractivity contribution in [3.05, 3.63) is 36.0 Å². The first-order valence-corrected chi connectivity index (χ1v) is 4.28. The van der Waals surface area contributed by atoms with Gasteiger partial charge in [0.1, 0.15) is 5.82 Å². The molecule has 0 fully saturated rings. The van der Waals surface area contributed by atoms with Crippen LogP contribution in [-0.4, -0.2) is 21.2 Å². The molecule has 0 atom stereocenters. The van der Waals surface area contributed by atoms with Crippen LogP contribution in [0.15, 0.2) is 24.5 Å². The highest BCUT2D eigenvalue weighted by Crippen LogP contribution is 2.20. The monoisotopic (exact) mass is 222 g/mol. The average molecular weight is 222 g/mol. The number of H-pyrrole nitrogens is 1. The van der Waals surface area contributed by atoms with E-state index in [0.29, 0.717) is 5.56 Å². The number of carbonyl (C=O) groups is 1. The van der Waals surface area contributed by atoms with Crippen molar-refractivity contribution in [2.24, 2.45) is 5.90 Å². The van der Waals surface area contributed by atoms with Crippen LogP contribution in [0.2, 0.25) is 0 Å². The predicted molar refractivity (Wildman–Crippen MR) is 51.4 cm³/mol. The maximum Gasteiger partial charge on any atom is 0.375 e. The number of halogens is 1. The molecule has 0 unspecified atom stereocenters. The van der Waals surface area contributed by atoms with Gasteiger partial charge in [-0.15, -0.1) is 0 Å². The van der Waals surface area contributed by atoms with E-state index >= 15 is 0 Å². The molecular formula is C9H7FN4O2. The Balaban J connectivity index is 2.48. The van der Waals surface area contributed by atoms with Gasteiger partial charge in [-0.25, -0.2) is 9.18 Å². The topological polar surface area (TPSA) is 93.9 Å². The third-order valence-corrected chi connectivity index (χ3v) is 1.95. The Morgan fingerprint density at radius 2 is 2.38 bits per heavy atom. The molecule has 0 aliphatic heterocycles. The molecule has 2 heterocycles. The largest absolute Gasteiger partial charge is 0.375 e. The molecule has 2 aromatic rings. The summed E-state index contributed by atoms with van der Waals surface area (Å²) in [6.07, 6.45) is 2.63. The summed E-state index contributed by atoms with van der Waals surface area (Å²) in [5, 5.41) is 6.06. The van der Waals surface area contributed by atoms with Gasteiger partial charge in [0.05, 0.1) is 17.5 Å². The first kappa shape index (κ1) is 10.2. The number of carbonyl (C=O) groups excluding carboxylic acids is 1. The highest BCUT2D eigenvalue weighted by Gasteiger charge is 2.17. The van der Waals surface area contributed by atoms with Gasteiger partial charge in [0.25, 0.3) is 0 Å². The van der Waals surface area contributed by atoms with Crippen LogP contribution in [0.3, 0.4) is 0 Å². The molecule has 16 heavy (non-hydrogen) atoms. The van der Waals surface area contributed by atoms with E-state index in [9.17, 15) is 9.18 Å². The Hall–Kier alpha value is -2.28. The number of rotatable bonds is 2. The molecule has 6 nitrogen and oxygen atoms in total. The van der Waals surface area contributed by atoms with Crippen molar-refractivity contribution in [1.82, 2.24) is 15.2 Å². The second-order valence-corrected chi connectivity index (χ2v) is 2.92. The molecule has 0 bridgehead atoms. The van der Waals surface area contributed by atoms with Crippen LogP contribution in [0, 0.1) is 5.82 Å². The summed E-state index contributed by atoms with van der Waals surface area (Å²) in [7, 11) is 0. The summed E-state index contributed by atoms with van der Waals surface area (Å²) in [6, 6.07) is 2.38. The van der Waals surface area contributed by atoms with E-state index in [1.54, 1.807) is 0 Å². The Morgan fingerprint density at radius 3 is 3.06 bits per heavy atom. The van der Waals surface area contributed by atoms with Crippen molar-refractivity contribution in [2.75, 3.05) is 0 Å². The van der Waals surface area contributed by atoms with Gasteiger partial charge < -0.3 is 4.84 Å². The van der Waals surface area contributed by atoms with Gasteiger partial charge in [-0.2, -0.15) is 11.0 Å².